The van der Waals surface area contributed by atoms with E-state index in [1.807, 2.05) is 23.6 Å². The van der Waals surface area contributed by atoms with Crippen LogP contribution in [0.3, 0.4) is 0 Å². The highest BCUT2D eigenvalue weighted by Crippen LogP contribution is 2.31. The van der Waals surface area contributed by atoms with Crippen molar-refractivity contribution >= 4 is 26.9 Å². The molecule has 1 aromatic carbocycles. The summed E-state index contributed by atoms with van der Waals surface area (Å²) in [5, 5.41) is 9.62. The first kappa shape index (κ1) is 16.5. The van der Waals surface area contributed by atoms with E-state index in [0.717, 1.165) is 9.82 Å². The highest BCUT2D eigenvalue weighted by molar-refractivity contribution is 7.89. The highest BCUT2D eigenvalue weighted by Gasteiger charge is 2.31. The van der Waals surface area contributed by atoms with E-state index in [4.69, 9.17) is 5.11 Å². The maximum absolute atomic E-state index is 13.0. The quantitative estimate of drug-likeness (QED) is 0.881. The first-order valence-electron chi connectivity index (χ1n) is 7.06. The van der Waals surface area contributed by atoms with E-state index in [0.29, 0.717) is 17.5 Å². The van der Waals surface area contributed by atoms with Crippen LogP contribution in [0, 0.1) is 6.92 Å². The van der Waals surface area contributed by atoms with Crippen LogP contribution >= 0.6 is 0 Å². The lowest BCUT2D eigenvalue weighted by molar-refractivity contribution is -0.137. The number of carboxylic acids is 1. The van der Waals surface area contributed by atoms with Crippen molar-refractivity contribution in [1.29, 1.82) is 0 Å². The number of hydrogen-bond donors (Lipinski definition) is 1. The van der Waals surface area contributed by atoms with Crippen LogP contribution in [0.2, 0.25) is 0 Å². The monoisotopic (exact) mass is 324 g/mol. The number of aliphatic carboxylic acids is 1. The molecule has 0 saturated heterocycles. The van der Waals surface area contributed by atoms with E-state index in [2.05, 4.69) is 0 Å². The lowest BCUT2D eigenvalue weighted by Gasteiger charge is -2.20. The molecule has 0 spiro atoms. The molecule has 0 unspecified atom stereocenters. The van der Waals surface area contributed by atoms with Crippen molar-refractivity contribution in [3.8, 4) is 0 Å². The number of carboxylic acid groups (broad SMARTS) is 1. The molecule has 0 aliphatic heterocycles. The van der Waals surface area contributed by atoms with Gasteiger partial charge in [-0.1, -0.05) is 25.1 Å². The van der Waals surface area contributed by atoms with E-state index in [-0.39, 0.29) is 11.4 Å². The third kappa shape index (κ3) is 2.74. The molecule has 0 atom stereocenters. The van der Waals surface area contributed by atoms with Gasteiger partial charge in [0.25, 0.3) is 0 Å². The Bertz CT molecular complexity index is 808. The summed E-state index contributed by atoms with van der Waals surface area (Å²) in [6.45, 7) is 3.20. The molecule has 1 N–H and O–H groups in total. The SMILES string of the molecule is CCCN(CC(=O)O)S(=O)(=O)c1c(C)n(C)c2ccccc12. The molecule has 1 heterocycles. The molecular formula is C15H20N2O4S. The van der Waals surface area contributed by atoms with Crippen LogP contribution in [0.5, 0.6) is 0 Å². The van der Waals surface area contributed by atoms with E-state index >= 15 is 0 Å². The van der Waals surface area contributed by atoms with Gasteiger partial charge in [-0.15, -0.1) is 0 Å². The third-order valence-corrected chi connectivity index (χ3v) is 5.75. The van der Waals surface area contributed by atoms with Crippen LogP contribution in [0.1, 0.15) is 19.0 Å². The highest BCUT2D eigenvalue weighted by atomic mass is 32.2. The van der Waals surface area contributed by atoms with Gasteiger partial charge in [-0.3, -0.25) is 4.79 Å². The molecule has 0 bridgehead atoms. The Morgan fingerprint density at radius 3 is 2.55 bits per heavy atom. The Balaban J connectivity index is 2.67. The molecule has 6 nitrogen and oxygen atoms in total. The average Bonchev–Trinajstić information content (AvgIpc) is 2.71. The fraction of sp³-hybridized carbons (Fsp3) is 0.400. The van der Waals surface area contributed by atoms with Gasteiger partial charge in [0.15, 0.2) is 0 Å². The number of fused-ring (bicyclic) bond motifs is 1. The van der Waals surface area contributed by atoms with E-state index in [1.165, 1.54) is 0 Å². The molecule has 1 aromatic heterocycles. The lowest BCUT2D eigenvalue weighted by atomic mass is 10.2. The van der Waals surface area contributed by atoms with Gasteiger partial charge in [0, 0.05) is 30.2 Å². The van der Waals surface area contributed by atoms with Gasteiger partial charge in [0.2, 0.25) is 10.0 Å². The summed E-state index contributed by atoms with van der Waals surface area (Å²) >= 11 is 0. The molecule has 0 amide bonds. The second kappa shape index (κ2) is 6.10. The molecule has 0 radical (unpaired) electrons. The lowest BCUT2D eigenvalue weighted by Crippen LogP contribution is -2.36. The van der Waals surface area contributed by atoms with Crippen molar-refractivity contribution in [2.75, 3.05) is 13.1 Å². The Labute approximate surface area is 130 Å². The smallest absolute Gasteiger partial charge is 0.318 e. The Morgan fingerprint density at radius 1 is 1.32 bits per heavy atom. The largest absolute Gasteiger partial charge is 0.480 e. The van der Waals surface area contributed by atoms with Crippen LogP contribution < -0.4 is 0 Å². The summed E-state index contributed by atoms with van der Waals surface area (Å²) in [7, 11) is -2.06. The normalized spacial score (nSPS) is 12.2. The third-order valence-electron chi connectivity index (χ3n) is 3.72. The molecule has 7 heteroatoms. The predicted octanol–water partition coefficient (Wildman–Crippen LogP) is 1.97. The molecule has 0 fully saturated rings. The van der Waals surface area contributed by atoms with Gasteiger partial charge >= 0.3 is 5.97 Å². The Morgan fingerprint density at radius 2 is 1.95 bits per heavy atom. The van der Waals surface area contributed by atoms with Crippen molar-refractivity contribution < 1.29 is 18.3 Å². The summed E-state index contributed by atoms with van der Waals surface area (Å²) in [5.41, 5.74) is 1.41. The van der Waals surface area contributed by atoms with Crippen molar-refractivity contribution in [2.24, 2.45) is 7.05 Å². The zero-order valence-electron chi connectivity index (χ0n) is 12.9. The first-order valence-corrected chi connectivity index (χ1v) is 8.50. The van der Waals surface area contributed by atoms with Gasteiger partial charge in [0.05, 0.1) is 0 Å². The maximum atomic E-state index is 13.0. The van der Waals surface area contributed by atoms with Crippen molar-refractivity contribution in [1.82, 2.24) is 8.87 Å². The standard InChI is InChI=1S/C15H20N2O4S/c1-4-9-17(10-14(18)19)22(20,21)15-11(2)16(3)13-8-6-5-7-12(13)15/h5-8H,4,9-10H2,1-3H3,(H,18,19). The second-order valence-electron chi connectivity index (χ2n) is 5.22. The van der Waals surface area contributed by atoms with Gasteiger partial charge in [-0.2, -0.15) is 4.31 Å². The number of nitrogens with zero attached hydrogens (tertiary/aromatic N) is 2. The Kier molecular flexibility index (Phi) is 4.58. The minimum Gasteiger partial charge on any atom is -0.480 e. The number of carbonyl (C=O) groups is 1. The fourth-order valence-electron chi connectivity index (χ4n) is 2.63. The number of rotatable bonds is 6. The van der Waals surface area contributed by atoms with Gasteiger partial charge in [-0.25, -0.2) is 8.42 Å². The maximum Gasteiger partial charge on any atom is 0.318 e. The van der Waals surface area contributed by atoms with Crippen molar-refractivity contribution in [3.05, 3.63) is 30.0 Å². The zero-order valence-corrected chi connectivity index (χ0v) is 13.7. The second-order valence-corrected chi connectivity index (χ2v) is 7.10. The molecule has 0 aliphatic rings. The molecule has 0 aliphatic carbocycles. The molecule has 22 heavy (non-hydrogen) atoms. The summed E-state index contributed by atoms with van der Waals surface area (Å²) in [5.74, 6) is -1.16. The predicted molar refractivity (Wildman–Crippen MR) is 84.3 cm³/mol. The van der Waals surface area contributed by atoms with Gasteiger partial charge in [0.1, 0.15) is 11.4 Å². The average molecular weight is 324 g/mol. The van der Waals surface area contributed by atoms with Crippen LogP contribution in [0.15, 0.2) is 29.2 Å². The van der Waals surface area contributed by atoms with Crippen molar-refractivity contribution in [3.63, 3.8) is 0 Å². The van der Waals surface area contributed by atoms with E-state index < -0.39 is 22.5 Å². The summed E-state index contributed by atoms with van der Waals surface area (Å²) in [6, 6.07) is 7.23. The summed E-state index contributed by atoms with van der Waals surface area (Å²) < 4.78 is 28.8. The van der Waals surface area contributed by atoms with Crippen LogP contribution in [0.4, 0.5) is 0 Å². The molecule has 0 saturated carbocycles. The van der Waals surface area contributed by atoms with Gasteiger partial charge < -0.3 is 9.67 Å². The van der Waals surface area contributed by atoms with Crippen LogP contribution in [0.25, 0.3) is 10.9 Å². The Hall–Kier alpha value is -1.86. The first-order chi connectivity index (χ1) is 10.3. The zero-order chi connectivity index (χ0) is 16.5. The summed E-state index contributed by atoms with van der Waals surface area (Å²) in [6.07, 6.45) is 0.552. The number of para-hydroxylation sites is 1. The topological polar surface area (TPSA) is 79.6 Å². The fourth-order valence-corrected chi connectivity index (χ4v) is 4.55. The van der Waals surface area contributed by atoms with E-state index in [1.54, 1.807) is 26.1 Å². The molecular weight excluding hydrogens is 304 g/mol. The van der Waals surface area contributed by atoms with Crippen molar-refractivity contribution in [2.45, 2.75) is 25.2 Å². The number of aromatic nitrogens is 1. The summed E-state index contributed by atoms with van der Waals surface area (Å²) in [4.78, 5) is 11.2. The molecule has 2 aromatic rings. The molecule has 2 rings (SSSR count). The van der Waals surface area contributed by atoms with Crippen LogP contribution in [-0.4, -0.2) is 41.5 Å². The number of aryl methyl sites for hydroxylation is 1. The minimum atomic E-state index is -3.86. The van der Waals surface area contributed by atoms with E-state index in [9.17, 15) is 13.2 Å². The number of benzene rings is 1. The number of hydrogen-bond acceptors (Lipinski definition) is 3. The van der Waals surface area contributed by atoms with Crippen LogP contribution in [-0.2, 0) is 21.9 Å². The number of sulfonamides is 1. The minimum absolute atomic E-state index is 0.178. The van der Waals surface area contributed by atoms with Gasteiger partial charge in [-0.05, 0) is 19.4 Å². The molecule has 120 valence electrons.